The maximum Gasteiger partial charge on any atom is 0.174 e. The molecule has 0 aliphatic carbocycles. The molecule has 1 fully saturated rings. The van der Waals surface area contributed by atoms with Crippen LogP contribution in [0.15, 0.2) is 46.3 Å². The Morgan fingerprint density at radius 3 is 2.56 bits per heavy atom. The standard InChI is InChI=1S/C25H27F2N5O4/c1-34-19-10-20(35-2)23(27)21(22(19)26)24(33)18-13-29-25-17(18)9-15(11-28-25)16-12-30-32(14-16)4-3-31-5-7-36-8-6-31/h9-14,17,24,33H,3-8H2,1-2H3. The zero-order chi connectivity index (χ0) is 25.2. The third-order valence-electron chi connectivity index (χ3n) is 6.58. The van der Waals surface area contributed by atoms with E-state index in [1.165, 1.54) is 20.4 Å². The van der Waals surface area contributed by atoms with Crippen LogP contribution in [0.5, 0.6) is 11.5 Å². The van der Waals surface area contributed by atoms with Crippen molar-refractivity contribution in [3.05, 3.63) is 59.1 Å². The van der Waals surface area contributed by atoms with Crippen molar-refractivity contribution in [2.45, 2.75) is 12.6 Å². The quantitative estimate of drug-likeness (QED) is 0.600. The van der Waals surface area contributed by atoms with E-state index in [1.54, 1.807) is 12.4 Å². The number of dihydropyridines is 1. The van der Waals surface area contributed by atoms with Gasteiger partial charge in [0.2, 0.25) is 0 Å². The van der Waals surface area contributed by atoms with Crippen molar-refractivity contribution in [2.75, 3.05) is 47.1 Å². The Kier molecular flexibility index (Phi) is 6.95. The number of fused-ring (bicyclic) bond motifs is 1. The van der Waals surface area contributed by atoms with E-state index in [2.05, 4.69) is 20.0 Å². The van der Waals surface area contributed by atoms with Gasteiger partial charge in [-0.25, -0.2) is 18.8 Å². The van der Waals surface area contributed by atoms with E-state index < -0.39 is 29.2 Å². The number of morpholine rings is 1. The first-order valence-corrected chi connectivity index (χ1v) is 11.6. The minimum absolute atomic E-state index is 0.232. The number of aliphatic hydroxyl groups excluding tert-OH is 1. The third kappa shape index (κ3) is 4.57. The molecule has 4 heterocycles. The second-order valence-electron chi connectivity index (χ2n) is 8.65. The van der Waals surface area contributed by atoms with Crippen LogP contribution >= 0.6 is 0 Å². The maximum atomic E-state index is 15.0. The molecule has 1 aromatic carbocycles. The molecule has 0 amide bonds. The van der Waals surface area contributed by atoms with Crippen LogP contribution in [0.3, 0.4) is 0 Å². The summed E-state index contributed by atoms with van der Waals surface area (Å²) in [6.45, 7) is 4.92. The first kappa shape index (κ1) is 24.3. The molecule has 190 valence electrons. The van der Waals surface area contributed by atoms with E-state index in [0.717, 1.165) is 56.6 Å². The molecule has 1 aromatic heterocycles. The number of aromatic nitrogens is 2. The van der Waals surface area contributed by atoms with Crippen LogP contribution in [0, 0.1) is 17.6 Å². The van der Waals surface area contributed by atoms with Crippen molar-refractivity contribution in [3.8, 4) is 11.5 Å². The van der Waals surface area contributed by atoms with Crippen molar-refractivity contribution in [2.24, 2.45) is 15.9 Å². The molecule has 5 rings (SSSR count). The normalized spacial score (nSPS) is 20.5. The van der Waals surface area contributed by atoms with Crippen LogP contribution in [0.25, 0.3) is 5.57 Å². The van der Waals surface area contributed by atoms with Gasteiger partial charge >= 0.3 is 0 Å². The predicted molar refractivity (Wildman–Crippen MR) is 129 cm³/mol. The topological polar surface area (TPSA) is 93.7 Å². The smallest absolute Gasteiger partial charge is 0.174 e. The Morgan fingerprint density at radius 1 is 1.14 bits per heavy atom. The first-order valence-electron chi connectivity index (χ1n) is 11.6. The summed E-state index contributed by atoms with van der Waals surface area (Å²) in [5.74, 6) is -2.57. The zero-order valence-electron chi connectivity index (χ0n) is 20.0. The molecular weight excluding hydrogens is 472 g/mol. The summed E-state index contributed by atoms with van der Waals surface area (Å²) < 4.78 is 47.3. The first-order chi connectivity index (χ1) is 17.5. The number of amidine groups is 1. The zero-order valence-corrected chi connectivity index (χ0v) is 20.0. The summed E-state index contributed by atoms with van der Waals surface area (Å²) in [7, 11) is 2.52. The molecule has 0 radical (unpaired) electrons. The van der Waals surface area contributed by atoms with Gasteiger partial charge in [-0.1, -0.05) is 6.08 Å². The Hall–Kier alpha value is -3.41. The molecule has 0 saturated carbocycles. The van der Waals surface area contributed by atoms with Crippen LogP contribution in [0.4, 0.5) is 8.78 Å². The minimum Gasteiger partial charge on any atom is -0.494 e. The fourth-order valence-electron chi connectivity index (χ4n) is 4.52. The molecule has 1 saturated heterocycles. The predicted octanol–water partition coefficient (Wildman–Crippen LogP) is 2.62. The lowest BCUT2D eigenvalue weighted by atomic mass is 9.87. The Morgan fingerprint density at radius 2 is 1.86 bits per heavy atom. The number of halogens is 2. The average Bonchev–Trinajstić information content (AvgIpc) is 3.55. The second-order valence-corrected chi connectivity index (χ2v) is 8.65. The van der Waals surface area contributed by atoms with Crippen molar-refractivity contribution >= 4 is 17.6 Å². The number of ether oxygens (including phenoxy) is 3. The van der Waals surface area contributed by atoms with Gasteiger partial charge < -0.3 is 19.3 Å². The molecule has 3 aliphatic rings. The van der Waals surface area contributed by atoms with Crippen molar-refractivity contribution in [1.82, 2.24) is 14.7 Å². The van der Waals surface area contributed by atoms with Gasteiger partial charge in [0.15, 0.2) is 23.1 Å². The molecule has 0 bridgehead atoms. The lowest BCUT2D eigenvalue weighted by Crippen LogP contribution is -2.38. The maximum absolute atomic E-state index is 15.0. The van der Waals surface area contributed by atoms with Gasteiger partial charge in [-0.05, 0) is 5.57 Å². The van der Waals surface area contributed by atoms with Crippen molar-refractivity contribution in [3.63, 3.8) is 0 Å². The van der Waals surface area contributed by atoms with Crippen LogP contribution < -0.4 is 9.47 Å². The van der Waals surface area contributed by atoms with E-state index in [-0.39, 0.29) is 11.5 Å². The molecular formula is C25H27F2N5O4. The van der Waals surface area contributed by atoms with Crippen molar-refractivity contribution < 1.29 is 28.1 Å². The summed E-state index contributed by atoms with van der Waals surface area (Å²) in [4.78, 5) is 11.0. The Labute approximate surface area is 207 Å². The fraction of sp³-hybridized carbons (Fsp3) is 0.400. The van der Waals surface area contributed by atoms with Gasteiger partial charge in [-0.15, -0.1) is 0 Å². The number of benzene rings is 1. The lowest BCUT2D eigenvalue weighted by Gasteiger charge is -2.26. The SMILES string of the molecule is COc1cc(OC)c(F)c(C(O)C2=CN=C3N=CC(c4cnn(CCN5CCOCC5)c4)=CC23)c1F. The van der Waals surface area contributed by atoms with Gasteiger partial charge in [0, 0.05) is 55.4 Å². The highest BCUT2D eigenvalue weighted by Crippen LogP contribution is 2.42. The lowest BCUT2D eigenvalue weighted by molar-refractivity contribution is 0.0360. The monoisotopic (exact) mass is 499 g/mol. The second kappa shape index (κ2) is 10.3. The number of aliphatic imine (C=N–C) groups is 2. The highest BCUT2D eigenvalue weighted by Gasteiger charge is 2.35. The summed E-state index contributed by atoms with van der Waals surface area (Å²) in [6, 6.07) is 1.10. The highest BCUT2D eigenvalue weighted by atomic mass is 19.1. The molecule has 36 heavy (non-hydrogen) atoms. The Balaban J connectivity index is 1.36. The van der Waals surface area contributed by atoms with Crippen LogP contribution in [-0.2, 0) is 11.3 Å². The molecule has 9 nitrogen and oxygen atoms in total. The van der Waals surface area contributed by atoms with Gasteiger partial charge in [-0.2, -0.15) is 5.10 Å². The Bertz CT molecular complexity index is 1240. The molecule has 2 atom stereocenters. The number of aliphatic hydroxyl groups is 1. The summed E-state index contributed by atoms with van der Waals surface area (Å²) in [6.07, 6.45) is 7.00. The van der Waals surface area contributed by atoms with E-state index in [0.29, 0.717) is 11.4 Å². The van der Waals surface area contributed by atoms with Crippen LogP contribution in [0.1, 0.15) is 17.2 Å². The number of allylic oxidation sites excluding steroid dienone is 1. The fourth-order valence-corrected chi connectivity index (χ4v) is 4.52. The molecule has 11 heteroatoms. The molecule has 3 aliphatic heterocycles. The van der Waals surface area contributed by atoms with Gasteiger partial charge in [0.1, 0.15) is 11.9 Å². The van der Waals surface area contributed by atoms with Gasteiger partial charge in [0.05, 0.1) is 51.7 Å². The van der Waals surface area contributed by atoms with Gasteiger partial charge in [-0.3, -0.25) is 9.58 Å². The third-order valence-corrected chi connectivity index (χ3v) is 6.58. The minimum atomic E-state index is -1.62. The molecule has 2 unspecified atom stereocenters. The molecule has 1 N–H and O–H groups in total. The van der Waals surface area contributed by atoms with E-state index in [4.69, 9.17) is 14.2 Å². The number of rotatable bonds is 8. The molecule has 2 aromatic rings. The number of nitrogens with zero attached hydrogens (tertiary/aromatic N) is 5. The summed E-state index contributed by atoms with van der Waals surface area (Å²) in [5.41, 5.74) is 1.36. The average molecular weight is 500 g/mol. The highest BCUT2D eigenvalue weighted by molar-refractivity contribution is 6.18. The summed E-state index contributed by atoms with van der Waals surface area (Å²) in [5, 5.41) is 15.5. The number of methoxy groups -OCH3 is 2. The van der Waals surface area contributed by atoms with E-state index in [9.17, 15) is 5.11 Å². The van der Waals surface area contributed by atoms with Gasteiger partial charge in [0.25, 0.3) is 0 Å². The molecule has 0 spiro atoms. The van der Waals surface area contributed by atoms with Crippen LogP contribution in [0.2, 0.25) is 0 Å². The summed E-state index contributed by atoms with van der Waals surface area (Å²) >= 11 is 0. The van der Waals surface area contributed by atoms with E-state index in [1.807, 2.05) is 17.0 Å². The largest absolute Gasteiger partial charge is 0.494 e. The number of hydrogen-bond acceptors (Lipinski definition) is 8. The van der Waals surface area contributed by atoms with Crippen molar-refractivity contribution in [1.29, 1.82) is 0 Å². The van der Waals surface area contributed by atoms with E-state index >= 15 is 8.78 Å². The number of hydrogen-bond donors (Lipinski definition) is 1. The van der Waals surface area contributed by atoms with Crippen LogP contribution in [-0.4, -0.2) is 78.9 Å².